The highest BCUT2D eigenvalue weighted by molar-refractivity contribution is 7.93. The molecule has 29 heavy (non-hydrogen) atoms. The normalized spacial score (nSPS) is 13.6. The number of carbonyl (C=O) groups excluding carboxylic acids is 2. The van der Waals surface area contributed by atoms with Crippen molar-refractivity contribution in [3.8, 4) is 12.3 Å². The minimum absolute atomic E-state index is 0.193. The molecule has 8 heteroatoms. The maximum Gasteiger partial charge on any atom is 0.308 e. The first-order valence-corrected chi connectivity index (χ1v) is 10.8. The van der Waals surface area contributed by atoms with Crippen molar-refractivity contribution < 1.29 is 22.7 Å². The molecule has 0 fully saturated rings. The highest BCUT2D eigenvalue weighted by Crippen LogP contribution is 2.17. The number of para-hydroxylation sites is 1. The van der Waals surface area contributed by atoms with Crippen molar-refractivity contribution in [3.63, 3.8) is 0 Å². The van der Waals surface area contributed by atoms with Gasteiger partial charge in [-0.05, 0) is 45.2 Å². The molecular formula is C21H26N2O5S. The summed E-state index contributed by atoms with van der Waals surface area (Å²) in [6, 6.07) is 6.18. The van der Waals surface area contributed by atoms with Gasteiger partial charge in [0.2, 0.25) is 0 Å². The molecule has 0 radical (unpaired) electrons. The number of carbonyl (C=O) groups is 2. The van der Waals surface area contributed by atoms with E-state index in [9.17, 15) is 18.0 Å². The molecule has 0 saturated carbocycles. The fourth-order valence-corrected chi connectivity index (χ4v) is 2.64. The van der Waals surface area contributed by atoms with Crippen molar-refractivity contribution in [1.82, 2.24) is 5.32 Å². The van der Waals surface area contributed by atoms with Crippen LogP contribution in [0.5, 0.6) is 0 Å². The van der Waals surface area contributed by atoms with Crippen LogP contribution in [0, 0.1) is 19.3 Å². The lowest BCUT2D eigenvalue weighted by Gasteiger charge is -2.21. The van der Waals surface area contributed by atoms with Crippen LogP contribution in [0.25, 0.3) is 0 Å². The topological polar surface area (TPSA) is 102 Å². The molecule has 1 N–H and O–H groups in total. The summed E-state index contributed by atoms with van der Waals surface area (Å²) in [5.74, 6) is 0.922. The summed E-state index contributed by atoms with van der Waals surface area (Å²) in [6.07, 6.45) is 7.37. The molecule has 0 saturated heterocycles. The molecule has 0 aliphatic carbocycles. The van der Waals surface area contributed by atoms with Gasteiger partial charge in [-0.15, -0.1) is 6.42 Å². The number of aliphatic imine (C=N–C) groups is 1. The van der Waals surface area contributed by atoms with Crippen molar-refractivity contribution >= 4 is 33.1 Å². The first-order chi connectivity index (χ1) is 13.3. The van der Waals surface area contributed by atoms with Crippen molar-refractivity contribution in [2.75, 3.05) is 6.26 Å². The summed E-state index contributed by atoms with van der Waals surface area (Å²) >= 11 is 0. The predicted octanol–water partition coefficient (Wildman–Crippen LogP) is 2.48. The van der Waals surface area contributed by atoms with E-state index in [0.29, 0.717) is 5.69 Å². The maximum absolute atomic E-state index is 12.6. The molecule has 0 aliphatic heterocycles. The molecule has 1 unspecified atom stereocenters. The lowest BCUT2D eigenvalue weighted by atomic mass is 10.1. The zero-order valence-corrected chi connectivity index (χ0v) is 18.0. The van der Waals surface area contributed by atoms with Gasteiger partial charge in [-0.1, -0.05) is 24.3 Å². The van der Waals surface area contributed by atoms with Crippen LogP contribution in [0.4, 0.5) is 5.69 Å². The number of hydrogen-bond acceptors (Lipinski definition) is 6. The standard InChI is InChI=1S/C21H26N2O5S/c1-7-17(23-18-11-9-8-10-15(18)2)20(25)22-16(12-13-29(6,26)27)14-19(24)28-21(3,4)5/h1,8-13,16H,14H2,2-6H3,(H,22,25). The summed E-state index contributed by atoms with van der Waals surface area (Å²) in [5, 5.41) is 3.45. The van der Waals surface area contributed by atoms with Gasteiger partial charge in [0.1, 0.15) is 5.60 Å². The second kappa shape index (κ2) is 10.0. The lowest BCUT2D eigenvalue weighted by Crippen LogP contribution is -2.40. The smallest absolute Gasteiger partial charge is 0.308 e. The monoisotopic (exact) mass is 418 g/mol. The number of rotatable bonds is 7. The Balaban J connectivity index is 3.08. The molecular weight excluding hydrogens is 392 g/mol. The number of hydrogen-bond donors (Lipinski definition) is 1. The third kappa shape index (κ3) is 9.72. The number of benzene rings is 1. The Bertz CT molecular complexity index is 964. The zero-order chi connectivity index (χ0) is 22.2. The van der Waals surface area contributed by atoms with Crippen LogP contribution in [0.15, 0.2) is 40.7 Å². The number of esters is 1. The van der Waals surface area contributed by atoms with Gasteiger partial charge in [0.25, 0.3) is 5.91 Å². The van der Waals surface area contributed by atoms with Gasteiger partial charge in [-0.3, -0.25) is 9.59 Å². The van der Waals surface area contributed by atoms with Crippen molar-refractivity contribution in [1.29, 1.82) is 0 Å². The molecule has 7 nitrogen and oxygen atoms in total. The van der Waals surface area contributed by atoms with E-state index in [1.165, 1.54) is 6.08 Å². The Hall–Kier alpha value is -2.92. The van der Waals surface area contributed by atoms with Gasteiger partial charge in [0, 0.05) is 11.7 Å². The van der Waals surface area contributed by atoms with Crippen LogP contribution in [-0.2, 0) is 24.2 Å². The van der Waals surface area contributed by atoms with E-state index in [-0.39, 0.29) is 12.1 Å². The summed E-state index contributed by atoms with van der Waals surface area (Å²) in [6.45, 7) is 6.94. The third-order valence-electron chi connectivity index (χ3n) is 3.38. The second-order valence-corrected chi connectivity index (χ2v) is 9.35. The number of nitrogens with zero attached hydrogens (tertiary/aromatic N) is 1. The zero-order valence-electron chi connectivity index (χ0n) is 17.2. The minimum atomic E-state index is -3.46. The summed E-state index contributed by atoms with van der Waals surface area (Å²) in [5.41, 5.74) is 0.449. The Labute approximate surface area is 172 Å². The molecule has 1 rings (SSSR count). The largest absolute Gasteiger partial charge is 0.460 e. The first kappa shape index (κ1) is 24.1. The van der Waals surface area contributed by atoms with Gasteiger partial charge in [-0.2, -0.15) is 0 Å². The Morgan fingerprint density at radius 1 is 1.31 bits per heavy atom. The highest BCUT2D eigenvalue weighted by atomic mass is 32.2. The SMILES string of the molecule is C#CC(=Nc1ccccc1C)C(=O)NC(C=CS(C)(=O)=O)CC(=O)OC(C)(C)C. The van der Waals surface area contributed by atoms with E-state index in [1.807, 2.05) is 19.1 Å². The number of amides is 1. The number of sulfone groups is 1. The van der Waals surface area contributed by atoms with E-state index in [1.54, 1.807) is 32.9 Å². The van der Waals surface area contributed by atoms with Crippen LogP contribution in [0.3, 0.4) is 0 Å². The Morgan fingerprint density at radius 3 is 2.45 bits per heavy atom. The van der Waals surface area contributed by atoms with Crippen LogP contribution in [0.2, 0.25) is 0 Å². The van der Waals surface area contributed by atoms with E-state index >= 15 is 0 Å². The van der Waals surface area contributed by atoms with Crippen molar-refractivity contribution in [2.24, 2.45) is 4.99 Å². The van der Waals surface area contributed by atoms with Crippen LogP contribution in [0.1, 0.15) is 32.8 Å². The Morgan fingerprint density at radius 2 is 1.93 bits per heavy atom. The number of ether oxygens (including phenoxy) is 1. The molecule has 1 aromatic carbocycles. The van der Waals surface area contributed by atoms with E-state index in [0.717, 1.165) is 17.2 Å². The summed E-state index contributed by atoms with van der Waals surface area (Å²) < 4.78 is 28.1. The molecule has 1 amide bonds. The minimum Gasteiger partial charge on any atom is -0.460 e. The molecule has 1 atom stereocenters. The van der Waals surface area contributed by atoms with Gasteiger partial charge < -0.3 is 10.1 Å². The fourth-order valence-electron chi connectivity index (χ4n) is 2.16. The molecule has 1 aromatic rings. The van der Waals surface area contributed by atoms with Gasteiger partial charge in [0.15, 0.2) is 15.5 Å². The van der Waals surface area contributed by atoms with Gasteiger partial charge in [-0.25, -0.2) is 13.4 Å². The number of aryl methyl sites for hydroxylation is 1. The fraction of sp³-hybridized carbons (Fsp3) is 0.381. The van der Waals surface area contributed by atoms with Crippen LogP contribution < -0.4 is 5.32 Å². The number of nitrogens with one attached hydrogen (secondary N) is 1. The molecule has 0 aliphatic rings. The Kier molecular flexibility index (Phi) is 8.34. The molecule has 0 heterocycles. The van der Waals surface area contributed by atoms with Crippen molar-refractivity contribution in [2.45, 2.75) is 45.8 Å². The maximum atomic E-state index is 12.6. The van der Waals surface area contributed by atoms with Gasteiger partial charge >= 0.3 is 5.97 Å². The van der Waals surface area contributed by atoms with Crippen LogP contribution in [-0.4, -0.2) is 43.9 Å². The summed E-state index contributed by atoms with van der Waals surface area (Å²) in [4.78, 5) is 28.9. The molecule has 156 valence electrons. The van der Waals surface area contributed by atoms with Crippen LogP contribution >= 0.6 is 0 Å². The highest BCUT2D eigenvalue weighted by Gasteiger charge is 2.22. The first-order valence-electron chi connectivity index (χ1n) is 8.82. The van der Waals surface area contributed by atoms with Crippen molar-refractivity contribution in [3.05, 3.63) is 41.3 Å². The van der Waals surface area contributed by atoms with E-state index in [4.69, 9.17) is 11.2 Å². The lowest BCUT2D eigenvalue weighted by molar-refractivity contribution is -0.155. The molecule has 0 spiro atoms. The average molecular weight is 419 g/mol. The molecule has 0 bridgehead atoms. The second-order valence-electron chi connectivity index (χ2n) is 7.42. The quantitative estimate of drug-likeness (QED) is 0.416. The average Bonchev–Trinajstić information content (AvgIpc) is 2.56. The number of terminal acetylenes is 1. The van der Waals surface area contributed by atoms with Gasteiger partial charge in [0.05, 0.1) is 18.2 Å². The molecule has 0 aromatic heterocycles. The summed E-state index contributed by atoms with van der Waals surface area (Å²) in [7, 11) is -3.46. The van der Waals surface area contributed by atoms with E-state index in [2.05, 4.69) is 16.2 Å². The predicted molar refractivity (Wildman–Crippen MR) is 113 cm³/mol. The third-order valence-corrected chi connectivity index (χ3v) is 4.03. The van der Waals surface area contributed by atoms with E-state index < -0.39 is 33.4 Å².